The number of rotatable bonds is 5. The highest BCUT2D eigenvalue weighted by Gasteiger charge is 2.18. The van der Waals surface area contributed by atoms with E-state index in [0.717, 1.165) is 29.7 Å². The van der Waals surface area contributed by atoms with Gasteiger partial charge >= 0.3 is 0 Å². The first-order valence-corrected chi connectivity index (χ1v) is 11.8. The molecule has 5 rings (SSSR count). The lowest BCUT2D eigenvalue weighted by Crippen LogP contribution is -2.29. The van der Waals surface area contributed by atoms with E-state index in [2.05, 4.69) is 56.8 Å². The van der Waals surface area contributed by atoms with E-state index in [4.69, 9.17) is 4.98 Å². The van der Waals surface area contributed by atoms with Crippen molar-refractivity contribution in [3.8, 4) is 11.3 Å². The molecule has 1 aromatic carbocycles. The van der Waals surface area contributed by atoms with Crippen LogP contribution >= 0.6 is 0 Å². The SMILES string of the molecule is CC(=O)Nc1ccc(-c2cc3cc[nH]c(=O)c3c(Nc3ccc(C4CCN(C)CC4)cc3)n2)cn1. The molecule has 1 fully saturated rings. The molecule has 0 aliphatic carbocycles. The fourth-order valence-corrected chi connectivity index (χ4v) is 4.57. The number of pyridine rings is 3. The fourth-order valence-electron chi connectivity index (χ4n) is 4.57. The van der Waals surface area contributed by atoms with Gasteiger partial charge < -0.3 is 20.5 Å². The lowest BCUT2D eigenvalue weighted by Gasteiger charge is -2.29. The smallest absolute Gasteiger partial charge is 0.259 e. The third-order valence-electron chi connectivity index (χ3n) is 6.48. The van der Waals surface area contributed by atoms with Crippen LogP contribution in [-0.4, -0.2) is 45.9 Å². The van der Waals surface area contributed by atoms with Crippen molar-refractivity contribution >= 4 is 34.0 Å². The van der Waals surface area contributed by atoms with Crippen LogP contribution in [0, 0.1) is 0 Å². The van der Waals surface area contributed by atoms with Gasteiger partial charge in [0.25, 0.3) is 5.56 Å². The number of fused-ring (bicyclic) bond motifs is 1. The monoisotopic (exact) mass is 468 g/mol. The van der Waals surface area contributed by atoms with E-state index in [1.807, 2.05) is 18.2 Å². The molecule has 3 aromatic heterocycles. The summed E-state index contributed by atoms with van der Waals surface area (Å²) in [6.07, 6.45) is 5.63. The van der Waals surface area contributed by atoms with E-state index in [0.29, 0.717) is 28.6 Å². The molecule has 0 saturated carbocycles. The van der Waals surface area contributed by atoms with E-state index in [-0.39, 0.29) is 11.5 Å². The molecule has 0 bridgehead atoms. The van der Waals surface area contributed by atoms with Crippen LogP contribution in [0.2, 0.25) is 0 Å². The number of carbonyl (C=O) groups is 1. The normalized spacial score (nSPS) is 14.7. The Morgan fingerprint density at radius 2 is 1.86 bits per heavy atom. The van der Waals surface area contributed by atoms with Crippen molar-refractivity contribution in [3.63, 3.8) is 0 Å². The Bertz CT molecular complexity index is 1400. The molecule has 3 N–H and O–H groups in total. The van der Waals surface area contributed by atoms with Crippen molar-refractivity contribution < 1.29 is 4.79 Å². The third kappa shape index (κ3) is 5.07. The minimum Gasteiger partial charge on any atom is -0.340 e. The summed E-state index contributed by atoms with van der Waals surface area (Å²) in [6, 6.07) is 15.7. The molecule has 8 heteroatoms. The van der Waals surface area contributed by atoms with Gasteiger partial charge in [-0.2, -0.15) is 0 Å². The summed E-state index contributed by atoms with van der Waals surface area (Å²) in [7, 11) is 2.17. The molecule has 8 nitrogen and oxygen atoms in total. The Morgan fingerprint density at radius 1 is 1.09 bits per heavy atom. The van der Waals surface area contributed by atoms with Crippen molar-refractivity contribution in [3.05, 3.63) is 76.8 Å². The van der Waals surface area contributed by atoms with Crippen LogP contribution in [0.3, 0.4) is 0 Å². The first-order chi connectivity index (χ1) is 17.0. The Hall–Kier alpha value is -4.04. The van der Waals surface area contributed by atoms with Crippen LogP contribution in [0.25, 0.3) is 22.0 Å². The minimum atomic E-state index is -0.203. The van der Waals surface area contributed by atoms with Crippen LogP contribution in [-0.2, 0) is 4.79 Å². The topological polar surface area (TPSA) is 103 Å². The highest BCUT2D eigenvalue weighted by Crippen LogP contribution is 2.31. The Kier molecular flexibility index (Phi) is 6.29. The number of piperidine rings is 1. The number of hydrogen-bond donors (Lipinski definition) is 3. The molecule has 178 valence electrons. The molecule has 35 heavy (non-hydrogen) atoms. The van der Waals surface area contributed by atoms with Gasteiger partial charge in [-0.1, -0.05) is 12.1 Å². The maximum absolute atomic E-state index is 12.7. The fraction of sp³-hybridized carbons (Fsp3) is 0.259. The van der Waals surface area contributed by atoms with Gasteiger partial charge in [0.2, 0.25) is 5.91 Å². The average molecular weight is 469 g/mol. The molecule has 1 saturated heterocycles. The second-order valence-electron chi connectivity index (χ2n) is 9.06. The quantitative estimate of drug-likeness (QED) is 0.399. The van der Waals surface area contributed by atoms with Gasteiger partial charge in [-0.25, -0.2) is 9.97 Å². The van der Waals surface area contributed by atoms with Gasteiger partial charge in [0.15, 0.2) is 0 Å². The number of aromatic nitrogens is 3. The molecule has 1 aliphatic heterocycles. The van der Waals surface area contributed by atoms with Crippen LogP contribution in [0.15, 0.2) is 65.7 Å². The zero-order valence-corrected chi connectivity index (χ0v) is 19.8. The second-order valence-corrected chi connectivity index (χ2v) is 9.06. The lowest BCUT2D eigenvalue weighted by atomic mass is 9.89. The molecule has 0 spiro atoms. The number of H-pyrrole nitrogens is 1. The molecule has 1 aliphatic rings. The molecule has 0 radical (unpaired) electrons. The summed E-state index contributed by atoms with van der Waals surface area (Å²) in [6.45, 7) is 3.68. The van der Waals surface area contributed by atoms with Crippen molar-refractivity contribution in [1.82, 2.24) is 19.9 Å². The summed E-state index contributed by atoms with van der Waals surface area (Å²) < 4.78 is 0. The number of nitrogens with one attached hydrogen (secondary N) is 3. The number of benzene rings is 1. The van der Waals surface area contributed by atoms with E-state index in [1.165, 1.54) is 25.3 Å². The zero-order valence-electron chi connectivity index (χ0n) is 19.8. The van der Waals surface area contributed by atoms with Crippen LogP contribution in [0.1, 0.15) is 31.2 Å². The van der Waals surface area contributed by atoms with Gasteiger partial charge in [-0.3, -0.25) is 9.59 Å². The highest BCUT2D eigenvalue weighted by molar-refractivity contribution is 5.95. The van der Waals surface area contributed by atoms with Crippen LogP contribution < -0.4 is 16.2 Å². The van der Waals surface area contributed by atoms with Gasteiger partial charge in [-0.15, -0.1) is 0 Å². The van der Waals surface area contributed by atoms with Crippen molar-refractivity contribution in [2.75, 3.05) is 30.8 Å². The maximum atomic E-state index is 12.7. The molecule has 0 unspecified atom stereocenters. The van der Waals surface area contributed by atoms with E-state index >= 15 is 0 Å². The number of anilines is 3. The number of nitrogens with zero attached hydrogens (tertiary/aromatic N) is 3. The van der Waals surface area contributed by atoms with E-state index < -0.39 is 0 Å². The van der Waals surface area contributed by atoms with Gasteiger partial charge in [0.05, 0.1) is 11.1 Å². The Labute approximate surface area is 203 Å². The summed E-state index contributed by atoms with van der Waals surface area (Å²) >= 11 is 0. The predicted octanol–water partition coefficient (Wildman–Crippen LogP) is 4.50. The Balaban J connectivity index is 1.46. The maximum Gasteiger partial charge on any atom is 0.259 e. The van der Waals surface area contributed by atoms with Crippen LogP contribution in [0.5, 0.6) is 0 Å². The predicted molar refractivity (Wildman–Crippen MR) is 139 cm³/mol. The van der Waals surface area contributed by atoms with E-state index in [9.17, 15) is 9.59 Å². The van der Waals surface area contributed by atoms with Gasteiger partial charge in [0, 0.05) is 30.6 Å². The molecular weight excluding hydrogens is 440 g/mol. The summed E-state index contributed by atoms with van der Waals surface area (Å²) in [4.78, 5) is 38.2. The van der Waals surface area contributed by atoms with Gasteiger partial charge in [0.1, 0.15) is 11.6 Å². The Morgan fingerprint density at radius 3 is 2.54 bits per heavy atom. The zero-order chi connectivity index (χ0) is 24.4. The number of carbonyl (C=O) groups excluding carboxylic acids is 1. The first-order valence-electron chi connectivity index (χ1n) is 11.8. The lowest BCUT2D eigenvalue weighted by molar-refractivity contribution is -0.114. The molecule has 4 aromatic rings. The second kappa shape index (κ2) is 9.68. The average Bonchev–Trinajstić information content (AvgIpc) is 2.85. The van der Waals surface area contributed by atoms with Crippen molar-refractivity contribution in [2.45, 2.75) is 25.7 Å². The number of hydrogen-bond acceptors (Lipinski definition) is 6. The number of likely N-dealkylation sites (tertiary alicyclic amines) is 1. The molecular formula is C27H28N6O2. The first kappa shape index (κ1) is 22.7. The molecule has 1 amide bonds. The molecule has 4 heterocycles. The largest absolute Gasteiger partial charge is 0.340 e. The number of amides is 1. The summed E-state index contributed by atoms with van der Waals surface area (Å²) in [5.41, 5.74) is 3.47. The van der Waals surface area contributed by atoms with Gasteiger partial charge in [-0.05, 0) is 86.2 Å². The third-order valence-corrected chi connectivity index (χ3v) is 6.48. The van der Waals surface area contributed by atoms with E-state index in [1.54, 1.807) is 18.5 Å². The molecule has 0 atom stereocenters. The van der Waals surface area contributed by atoms with Crippen molar-refractivity contribution in [2.24, 2.45) is 0 Å². The summed E-state index contributed by atoms with van der Waals surface area (Å²) in [5.74, 6) is 1.36. The highest BCUT2D eigenvalue weighted by atomic mass is 16.1. The van der Waals surface area contributed by atoms with Crippen molar-refractivity contribution in [1.29, 1.82) is 0 Å². The standard InChI is InChI=1S/C27H28N6O2/c1-17(34)30-24-8-5-21(16-29-24)23-15-20-9-12-28-27(35)25(20)26(32-23)31-22-6-3-18(4-7-22)19-10-13-33(2)14-11-19/h3-9,12,15-16,19H,10-11,13-14H2,1-2H3,(H,28,35)(H,31,32)(H,29,30,34). The summed E-state index contributed by atoms with van der Waals surface area (Å²) in [5, 5.41) is 7.29. The number of aromatic amines is 1. The van der Waals surface area contributed by atoms with Crippen LogP contribution in [0.4, 0.5) is 17.3 Å². The minimum absolute atomic E-state index is 0.179.